The average molecular weight is 256 g/mol. The fraction of sp³-hybridized carbons (Fsp3) is 0.727. The molecule has 1 aliphatic rings. The van der Waals surface area contributed by atoms with Gasteiger partial charge < -0.3 is 4.90 Å². The molecule has 17 heavy (non-hydrogen) atoms. The van der Waals surface area contributed by atoms with Crippen LogP contribution < -0.4 is 0 Å². The van der Waals surface area contributed by atoms with Gasteiger partial charge in [-0.1, -0.05) is 23.6 Å². The molecule has 0 aromatic carbocycles. The molecule has 0 unspecified atom stereocenters. The van der Waals surface area contributed by atoms with E-state index < -0.39 is 0 Å². The maximum atomic E-state index is 11.9. The van der Waals surface area contributed by atoms with Crippen molar-refractivity contribution >= 4 is 17.7 Å². The molecule has 5 nitrogen and oxygen atoms in total. The second-order valence-electron chi connectivity index (χ2n) is 3.94. The minimum absolute atomic E-state index is 0.192. The first-order chi connectivity index (χ1) is 8.15. The Kier molecular flexibility index (Phi) is 6.04. The Balaban J connectivity index is 2.29. The average Bonchev–Trinajstić information content (AvgIpc) is 2.36. The molecule has 1 amide bonds. The van der Waals surface area contributed by atoms with Gasteiger partial charge in [-0.3, -0.25) is 4.79 Å². The Labute approximate surface area is 107 Å². The van der Waals surface area contributed by atoms with E-state index in [2.05, 4.69) is 16.9 Å². The number of amides is 1. The lowest BCUT2D eigenvalue weighted by atomic mass is 10.1. The molecule has 1 rings (SSSR count). The third-order valence-electron chi connectivity index (χ3n) is 2.66. The molecule has 0 saturated carbocycles. The number of hydrogen-bond acceptors (Lipinski definition) is 4. The van der Waals surface area contributed by atoms with Crippen LogP contribution in [-0.2, 0) is 4.79 Å². The highest BCUT2D eigenvalue weighted by molar-refractivity contribution is 8.03. The molecule has 96 valence electrons. The van der Waals surface area contributed by atoms with Gasteiger partial charge >= 0.3 is 0 Å². The molecule has 0 aliphatic carbocycles. The Bertz CT molecular complexity index is 300. The van der Waals surface area contributed by atoms with Gasteiger partial charge in [-0.2, -0.15) is 5.11 Å². The van der Waals surface area contributed by atoms with Crippen molar-refractivity contribution in [1.29, 1.82) is 0 Å². The van der Waals surface area contributed by atoms with Crippen LogP contribution in [0.3, 0.4) is 0 Å². The third kappa shape index (κ3) is 4.77. The van der Waals surface area contributed by atoms with Crippen LogP contribution in [0.1, 0.15) is 19.3 Å². The van der Waals surface area contributed by atoms with Gasteiger partial charge in [0.25, 0.3) is 0 Å². The number of likely N-dealkylation sites (tertiary alicyclic amines) is 1. The zero-order valence-electron chi connectivity index (χ0n) is 10.6. The molecular weight excluding hydrogens is 236 g/mol. The number of nitrogens with zero attached hydrogens (tertiary/aromatic N) is 4. The van der Waals surface area contributed by atoms with E-state index >= 15 is 0 Å². The first-order valence-electron chi connectivity index (χ1n) is 5.78. The zero-order valence-corrected chi connectivity index (χ0v) is 11.4. The smallest absolute Gasteiger partial charge is 0.232 e. The Hall–Kier alpha value is -1.04. The summed E-state index contributed by atoms with van der Waals surface area (Å²) in [7, 11) is 3.38. The highest BCUT2D eigenvalue weighted by Gasteiger charge is 2.16. The minimum Gasteiger partial charge on any atom is -0.342 e. The summed E-state index contributed by atoms with van der Waals surface area (Å²) in [5, 5.41) is 9.80. The molecule has 1 fully saturated rings. The molecule has 0 N–H and O–H groups in total. The van der Waals surface area contributed by atoms with Crippen LogP contribution in [-0.4, -0.2) is 48.8 Å². The molecule has 0 atom stereocenters. The third-order valence-corrected chi connectivity index (χ3v) is 3.64. The highest BCUT2D eigenvalue weighted by atomic mass is 32.2. The molecule has 0 spiro atoms. The maximum Gasteiger partial charge on any atom is 0.232 e. The summed E-state index contributed by atoms with van der Waals surface area (Å²) >= 11 is 1.41. The number of hydrogen-bond donors (Lipinski definition) is 0. The van der Waals surface area contributed by atoms with Gasteiger partial charge in [0.2, 0.25) is 5.91 Å². The van der Waals surface area contributed by atoms with E-state index in [4.69, 9.17) is 0 Å². The Morgan fingerprint density at radius 2 is 2.06 bits per heavy atom. The van der Waals surface area contributed by atoms with Crippen LogP contribution in [0, 0.1) is 0 Å². The van der Waals surface area contributed by atoms with Crippen LogP contribution in [0.2, 0.25) is 0 Å². The predicted molar refractivity (Wildman–Crippen MR) is 70.6 cm³/mol. The van der Waals surface area contributed by atoms with Crippen LogP contribution >= 0.6 is 11.8 Å². The number of carbonyl (C=O) groups is 1. The van der Waals surface area contributed by atoms with E-state index in [0.29, 0.717) is 5.75 Å². The molecule has 0 bridgehead atoms. The minimum atomic E-state index is 0.192. The highest BCUT2D eigenvalue weighted by Crippen LogP contribution is 2.19. The van der Waals surface area contributed by atoms with Crippen molar-refractivity contribution in [3.8, 4) is 0 Å². The van der Waals surface area contributed by atoms with E-state index in [9.17, 15) is 4.79 Å². The molecule has 1 aliphatic heterocycles. The van der Waals surface area contributed by atoms with Crippen molar-refractivity contribution in [2.45, 2.75) is 19.3 Å². The van der Waals surface area contributed by atoms with Gasteiger partial charge in [0.1, 0.15) is 0 Å². The van der Waals surface area contributed by atoms with E-state index in [1.54, 1.807) is 19.1 Å². The lowest BCUT2D eigenvalue weighted by Gasteiger charge is -2.26. The van der Waals surface area contributed by atoms with Crippen molar-refractivity contribution < 1.29 is 4.79 Å². The summed E-state index contributed by atoms with van der Waals surface area (Å²) in [6.07, 6.45) is 3.49. The summed E-state index contributed by atoms with van der Waals surface area (Å²) in [6, 6.07) is 0. The van der Waals surface area contributed by atoms with Crippen molar-refractivity contribution in [2.24, 2.45) is 10.3 Å². The SMILES string of the molecule is C=C(SCC(=O)N1CCCCC1)N(C)N=NC. The summed E-state index contributed by atoms with van der Waals surface area (Å²) in [6.45, 7) is 5.65. The Morgan fingerprint density at radius 1 is 1.41 bits per heavy atom. The van der Waals surface area contributed by atoms with Crippen LogP contribution in [0.4, 0.5) is 0 Å². The molecule has 6 heteroatoms. The van der Waals surface area contributed by atoms with E-state index in [1.165, 1.54) is 18.2 Å². The van der Waals surface area contributed by atoms with Gasteiger partial charge in [-0.25, -0.2) is 5.01 Å². The second-order valence-corrected chi connectivity index (χ2v) is 4.99. The molecule has 0 radical (unpaired) electrons. The fourth-order valence-corrected chi connectivity index (χ4v) is 2.35. The monoisotopic (exact) mass is 256 g/mol. The number of carbonyl (C=O) groups excluding carboxylic acids is 1. The number of thioether (sulfide) groups is 1. The largest absolute Gasteiger partial charge is 0.342 e. The van der Waals surface area contributed by atoms with Crippen molar-refractivity contribution in [3.63, 3.8) is 0 Å². The summed E-state index contributed by atoms with van der Waals surface area (Å²) in [5.74, 6) is 0.625. The maximum absolute atomic E-state index is 11.9. The molecular formula is C11H20N4OS. The van der Waals surface area contributed by atoms with Crippen LogP contribution in [0.15, 0.2) is 21.9 Å². The van der Waals surface area contributed by atoms with Crippen molar-refractivity contribution in [3.05, 3.63) is 11.6 Å². The summed E-state index contributed by atoms with van der Waals surface area (Å²) in [5.41, 5.74) is 0. The molecule has 0 aromatic rings. The van der Waals surface area contributed by atoms with Gasteiger partial charge in [0.05, 0.1) is 17.8 Å². The molecule has 0 aromatic heterocycles. The van der Waals surface area contributed by atoms with Crippen molar-refractivity contribution in [1.82, 2.24) is 9.91 Å². The van der Waals surface area contributed by atoms with Crippen LogP contribution in [0.5, 0.6) is 0 Å². The van der Waals surface area contributed by atoms with E-state index in [-0.39, 0.29) is 5.91 Å². The van der Waals surface area contributed by atoms with E-state index in [0.717, 1.165) is 31.0 Å². The molecule has 1 saturated heterocycles. The predicted octanol–water partition coefficient (Wildman–Crippen LogP) is 2.13. The summed E-state index contributed by atoms with van der Waals surface area (Å²) < 4.78 is 0. The fourth-order valence-electron chi connectivity index (χ4n) is 1.66. The first-order valence-corrected chi connectivity index (χ1v) is 6.76. The molecule has 1 heterocycles. The van der Waals surface area contributed by atoms with Gasteiger partial charge in [0, 0.05) is 20.1 Å². The van der Waals surface area contributed by atoms with Gasteiger partial charge in [-0.15, -0.1) is 0 Å². The Morgan fingerprint density at radius 3 is 2.65 bits per heavy atom. The van der Waals surface area contributed by atoms with E-state index in [1.807, 2.05) is 4.90 Å². The van der Waals surface area contributed by atoms with Crippen LogP contribution in [0.25, 0.3) is 0 Å². The number of piperidine rings is 1. The normalized spacial score (nSPS) is 16.2. The topological polar surface area (TPSA) is 48.3 Å². The second kappa shape index (κ2) is 7.32. The number of rotatable bonds is 5. The lowest BCUT2D eigenvalue weighted by molar-refractivity contribution is -0.129. The zero-order chi connectivity index (χ0) is 12.7. The first kappa shape index (κ1) is 14.0. The summed E-state index contributed by atoms with van der Waals surface area (Å²) in [4.78, 5) is 13.8. The quantitative estimate of drug-likeness (QED) is 0.559. The van der Waals surface area contributed by atoms with Crippen molar-refractivity contribution in [2.75, 3.05) is 32.9 Å². The lowest BCUT2D eigenvalue weighted by Crippen LogP contribution is -2.36. The van der Waals surface area contributed by atoms with Gasteiger partial charge in [-0.05, 0) is 19.3 Å². The van der Waals surface area contributed by atoms with Gasteiger partial charge in [0.15, 0.2) is 0 Å². The standard InChI is InChI=1S/C11H20N4OS/c1-10(14(3)13-12-2)17-9-11(16)15-7-5-4-6-8-15/h1,4-9H2,2-3H3.